The minimum absolute atomic E-state index is 0.361. The van der Waals surface area contributed by atoms with Crippen molar-refractivity contribution in [1.29, 1.82) is 0 Å². The number of halogens is 1. The van der Waals surface area contributed by atoms with Gasteiger partial charge >= 0.3 is 0 Å². The van der Waals surface area contributed by atoms with Crippen molar-refractivity contribution in [2.75, 3.05) is 6.54 Å². The van der Waals surface area contributed by atoms with Crippen molar-refractivity contribution < 1.29 is 0 Å². The van der Waals surface area contributed by atoms with Crippen LogP contribution in [0.3, 0.4) is 0 Å². The maximum Gasteiger partial charge on any atom is 0.0406 e. The van der Waals surface area contributed by atoms with Crippen LogP contribution in [0.15, 0.2) is 24.3 Å². The Morgan fingerprint density at radius 1 is 1.33 bits per heavy atom. The van der Waals surface area contributed by atoms with Gasteiger partial charge in [0.05, 0.1) is 0 Å². The Bertz CT molecular complexity index is 312. The average Bonchev–Trinajstić information content (AvgIpc) is 2.65. The first kappa shape index (κ1) is 11.0. The van der Waals surface area contributed by atoms with Crippen molar-refractivity contribution in [1.82, 2.24) is 5.32 Å². The second-order valence-electron chi connectivity index (χ2n) is 4.72. The number of nitrogens with one attached hydrogen (secondary N) is 1. The van der Waals surface area contributed by atoms with E-state index in [4.69, 9.17) is 11.6 Å². The van der Waals surface area contributed by atoms with Gasteiger partial charge in [0, 0.05) is 10.6 Å². The number of hydrogen-bond donors (Lipinski definition) is 1. The highest BCUT2D eigenvalue weighted by Gasteiger charge is 2.26. The van der Waals surface area contributed by atoms with E-state index in [0.29, 0.717) is 5.54 Å². The van der Waals surface area contributed by atoms with Crippen LogP contribution >= 0.6 is 11.6 Å². The van der Waals surface area contributed by atoms with Crippen LogP contribution in [0.4, 0.5) is 0 Å². The molecule has 0 radical (unpaired) electrons. The van der Waals surface area contributed by atoms with Gasteiger partial charge in [0.2, 0.25) is 0 Å². The molecule has 1 aliphatic heterocycles. The van der Waals surface area contributed by atoms with Crippen LogP contribution in [0.2, 0.25) is 5.02 Å². The molecule has 0 aromatic heterocycles. The maximum atomic E-state index is 5.85. The standard InChI is InChI=1S/C13H18ClN/c1-13(8-2-10-15-13)9-7-11-3-5-12(14)6-4-11/h3-6,15H,2,7-10H2,1H3. The van der Waals surface area contributed by atoms with Crippen LogP contribution in [0.1, 0.15) is 31.7 Å². The molecule has 1 nitrogen and oxygen atoms in total. The summed E-state index contributed by atoms with van der Waals surface area (Å²) in [6.07, 6.45) is 4.98. The second-order valence-corrected chi connectivity index (χ2v) is 5.15. The summed E-state index contributed by atoms with van der Waals surface area (Å²) in [5.74, 6) is 0. The zero-order chi connectivity index (χ0) is 10.7. The van der Waals surface area contributed by atoms with Crippen molar-refractivity contribution in [3.8, 4) is 0 Å². The molecule has 15 heavy (non-hydrogen) atoms. The molecule has 0 amide bonds. The third-order valence-electron chi connectivity index (χ3n) is 3.34. The van der Waals surface area contributed by atoms with E-state index in [-0.39, 0.29) is 0 Å². The number of benzene rings is 1. The fraction of sp³-hybridized carbons (Fsp3) is 0.538. The molecule has 0 saturated carbocycles. The summed E-state index contributed by atoms with van der Waals surface area (Å²) < 4.78 is 0. The molecule has 1 fully saturated rings. The Labute approximate surface area is 96.8 Å². The van der Waals surface area contributed by atoms with Crippen molar-refractivity contribution in [2.45, 2.75) is 38.1 Å². The van der Waals surface area contributed by atoms with Gasteiger partial charge in [0.1, 0.15) is 0 Å². The monoisotopic (exact) mass is 223 g/mol. The molecule has 1 N–H and O–H groups in total. The van der Waals surface area contributed by atoms with Crippen LogP contribution in [-0.4, -0.2) is 12.1 Å². The van der Waals surface area contributed by atoms with Crippen LogP contribution in [0.5, 0.6) is 0 Å². The molecule has 82 valence electrons. The predicted octanol–water partition coefficient (Wildman–Crippen LogP) is 3.41. The van der Waals surface area contributed by atoms with Crippen molar-refractivity contribution in [3.05, 3.63) is 34.9 Å². The maximum absolute atomic E-state index is 5.85. The summed E-state index contributed by atoms with van der Waals surface area (Å²) in [6, 6.07) is 8.20. The van der Waals surface area contributed by atoms with Gasteiger partial charge in [-0.3, -0.25) is 0 Å². The fourth-order valence-corrected chi connectivity index (χ4v) is 2.37. The molecule has 1 aromatic rings. The summed E-state index contributed by atoms with van der Waals surface area (Å²) in [5.41, 5.74) is 1.74. The molecule has 1 atom stereocenters. The van der Waals surface area contributed by atoms with Gasteiger partial charge in [-0.25, -0.2) is 0 Å². The molecular weight excluding hydrogens is 206 g/mol. The van der Waals surface area contributed by atoms with Gasteiger partial charge in [-0.15, -0.1) is 0 Å². The normalized spacial score (nSPS) is 25.7. The Balaban J connectivity index is 1.90. The largest absolute Gasteiger partial charge is 0.312 e. The fourth-order valence-electron chi connectivity index (χ4n) is 2.24. The van der Waals surface area contributed by atoms with E-state index in [2.05, 4.69) is 24.4 Å². The van der Waals surface area contributed by atoms with Gasteiger partial charge in [-0.2, -0.15) is 0 Å². The minimum atomic E-state index is 0.361. The lowest BCUT2D eigenvalue weighted by molar-refractivity contribution is 0.384. The lowest BCUT2D eigenvalue weighted by Crippen LogP contribution is -2.36. The van der Waals surface area contributed by atoms with Crippen LogP contribution in [0, 0.1) is 0 Å². The first-order chi connectivity index (χ1) is 7.18. The Hall–Kier alpha value is -0.530. The lowest BCUT2D eigenvalue weighted by atomic mass is 9.92. The van der Waals surface area contributed by atoms with E-state index in [1.165, 1.54) is 31.4 Å². The van der Waals surface area contributed by atoms with E-state index in [1.54, 1.807) is 0 Å². The third-order valence-corrected chi connectivity index (χ3v) is 3.59. The molecule has 0 spiro atoms. The lowest BCUT2D eigenvalue weighted by Gasteiger charge is -2.24. The quantitative estimate of drug-likeness (QED) is 0.828. The third kappa shape index (κ3) is 2.96. The Morgan fingerprint density at radius 2 is 2.07 bits per heavy atom. The first-order valence-corrected chi connectivity index (χ1v) is 6.05. The minimum Gasteiger partial charge on any atom is -0.312 e. The van der Waals surface area contributed by atoms with Crippen LogP contribution < -0.4 is 5.32 Å². The number of hydrogen-bond acceptors (Lipinski definition) is 1. The Morgan fingerprint density at radius 3 is 2.67 bits per heavy atom. The molecule has 1 aromatic carbocycles. The smallest absolute Gasteiger partial charge is 0.0406 e. The summed E-state index contributed by atoms with van der Waals surface area (Å²) >= 11 is 5.85. The molecular formula is C13H18ClN. The summed E-state index contributed by atoms with van der Waals surface area (Å²) in [5, 5.41) is 4.41. The van der Waals surface area contributed by atoms with Gasteiger partial charge in [0.15, 0.2) is 0 Å². The van der Waals surface area contributed by atoms with Crippen LogP contribution in [0.25, 0.3) is 0 Å². The molecule has 1 saturated heterocycles. The molecule has 2 heteroatoms. The summed E-state index contributed by atoms with van der Waals surface area (Å²) in [7, 11) is 0. The topological polar surface area (TPSA) is 12.0 Å². The highest BCUT2D eigenvalue weighted by molar-refractivity contribution is 6.30. The van der Waals surface area contributed by atoms with E-state index in [9.17, 15) is 0 Å². The molecule has 1 unspecified atom stereocenters. The zero-order valence-electron chi connectivity index (χ0n) is 9.22. The predicted molar refractivity (Wildman–Crippen MR) is 65.4 cm³/mol. The molecule has 1 heterocycles. The highest BCUT2D eigenvalue weighted by atomic mass is 35.5. The van der Waals surface area contributed by atoms with Gasteiger partial charge in [-0.05, 0) is 56.8 Å². The SMILES string of the molecule is CC1(CCc2ccc(Cl)cc2)CCCN1. The number of aryl methyl sites for hydroxylation is 1. The average molecular weight is 224 g/mol. The highest BCUT2D eigenvalue weighted by Crippen LogP contribution is 2.24. The van der Waals surface area contributed by atoms with Crippen LogP contribution in [-0.2, 0) is 6.42 Å². The van der Waals surface area contributed by atoms with Crippen molar-refractivity contribution in [3.63, 3.8) is 0 Å². The van der Waals surface area contributed by atoms with Gasteiger partial charge in [0.25, 0.3) is 0 Å². The van der Waals surface area contributed by atoms with E-state index in [1.807, 2.05) is 12.1 Å². The zero-order valence-corrected chi connectivity index (χ0v) is 9.98. The summed E-state index contributed by atoms with van der Waals surface area (Å²) in [6.45, 7) is 3.51. The Kier molecular flexibility index (Phi) is 3.32. The van der Waals surface area contributed by atoms with E-state index >= 15 is 0 Å². The molecule has 0 bridgehead atoms. The van der Waals surface area contributed by atoms with E-state index in [0.717, 1.165) is 11.4 Å². The van der Waals surface area contributed by atoms with Gasteiger partial charge in [-0.1, -0.05) is 23.7 Å². The second kappa shape index (κ2) is 4.54. The first-order valence-electron chi connectivity index (χ1n) is 5.67. The number of rotatable bonds is 3. The van der Waals surface area contributed by atoms with Crippen molar-refractivity contribution in [2.24, 2.45) is 0 Å². The van der Waals surface area contributed by atoms with Crippen molar-refractivity contribution >= 4 is 11.6 Å². The molecule has 1 aliphatic rings. The molecule has 2 rings (SSSR count). The van der Waals surface area contributed by atoms with Gasteiger partial charge < -0.3 is 5.32 Å². The molecule has 0 aliphatic carbocycles. The van der Waals surface area contributed by atoms with E-state index < -0.39 is 0 Å². The summed E-state index contributed by atoms with van der Waals surface area (Å²) in [4.78, 5) is 0.